The van der Waals surface area contributed by atoms with Crippen molar-refractivity contribution in [3.05, 3.63) is 47.4 Å². The Hall–Kier alpha value is -3.34. The Morgan fingerprint density at radius 2 is 2.07 bits per heavy atom. The molecule has 0 aromatic carbocycles. The summed E-state index contributed by atoms with van der Waals surface area (Å²) in [7, 11) is 1.57. The Morgan fingerprint density at radius 3 is 2.76 bits per heavy atom. The van der Waals surface area contributed by atoms with Gasteiger partial charge in [0.25, 0.3) is 0 Å². The molecule has 3 N–H and O–H groups in total. The fourth-order valence-electron chi connectivity index (χ4n) is 2.45. The molecule has 1 amide bonds. The molecule has 3 aromatic heterocycles. The summed E-state index contributed by atoms with van der Waals surface area (Å²) in [6.07, 6.45) is -1.25. The number of anilines is 2. The van der Waals surface area contributed by atoms with Crippen molar-refractivity contribution in [2.24, 2.45) is 7.05 Å². The lowest BCUT2D eigenvalue weighted by atomic mass is 10.2. The fraction of sp³-hybridized carbons (Fsp3) is 0.235. The number of hydrogen-bond acceptors (Lipinski definition) is 7. The molecule has 3 aromatic rings. The summed E-state index contributed by atoms with van der Waals surface area (Å²) < 4.78 is 33.5. The maximum atomic E-state index is 13.7. The molecule has 0 aliphatic carbocycles. The highest BCUT2D eigenvalue weighted by Gasteiger charge is 2.21. The van der Waals surface area contributed by atoms with Crippen LogP contribution in [0.1, 0.15) is 24.3 Å². The van der Waals surface area contributed by atoms with Gasteiger partial charge in [-0.25, -0.2) is 23.8 Å². The highest BCUT2D eigenvalue weighted by Crippen LogP contribution is 2.26. The monoisotopic (exact) mass is 425 g/mol. The lowest BCUT2D eigenvalue weighted by Crippen LogP contribution is -2.19. The minimum Gasteiger partial charge on any atom is -0.441 e. The van der Waals surface area contributed by atoms with E-state index in [1.54, 1.807) is 26.1 Å². The van der Waals surface area contributed by atoms with Crippen molar-refractivity contribution in [2.45, 2.75) is 20.0 Å². The largest absolute Gasteiger partial charge is 0.441 e. The van der Waals surface area contributed by atoms with Gasteiger partial charge >= 0.3 is 6.09 Å². The maximum absolute atomic E-state index is 13.7. The number of nitrogens with one attached hydrogen (secondary N) is 1. The van der Waals surface area contributed by atoms with Crippen molar-refractivity contribution in [1.29, 1.82) is 0 Å². The van der Waals surface area contributed by atoms with E-state index < -0.39 is 24.0 Å². The number of halogens is 3. The molecule has 1 unspecified atom stereocenters. The van der Waals surface area contributed by atoms with E-state index in [1.165, 1.54) is 11.6 Å². The third kappa shape index (κ3) is 4.74. The summed E-state index contributed by atoms with van der Waals surface area (Å²) in [6, 6.07) is 4.22. The van der Waals surface area contributed by atoms with E-state index in [1.807, 2.05) is 0 Å². The van der Waals surface area contributed by atoms with Gasteiger partial charge < -0.3 is 10.5 Å². The highest BCUT2D eigenvalue weighted by atomic mass is 35.5. The molecule has 0 bridgehead atoms. The SMILES string of the molecule is Cc1nc(-c2nnn(C)c2NC(=O)OC(C)c2cc(F)cnc2F)ccc1N.Cl. The number of nitrogens with zero attached hydrogens (tertiary/aromatic N) is 5. The van der Waals surface area contributed by atoms with E-state index in [4.69, 9.17) is 10.5 Å². The summed E-state index contributed by atoms with van der Waals surface area (Å²) in [5.74, 6) is -1.45. The number of pyridine rings is 2. The summed E-state index contributed by atoms with van der Waals surface area (Å²) in [4.78, 5) is 19.9. The number of nitrogen functional groups attached to an aromatic ring is 1. The molecule has 0 saturated heterocycles. The van der Waals surface area contributed by atoms with Gasteiger partial charge in [0.2, 0.25) is 5.95 Å². The second kappa shape index (κ2) is 8.78. The van der Waals surface area contributed by atoms with Crippen LogP contribution >= 0.6 is 12.4 Å². The fourth-order valence-corrected chi connectivity index (χ4v) is 2.45. The molecule has 1 atom stereocenters. The minimum atomic E-state index is -1.08. The Balaban J connectivity index is 0.00000300. The zero-order chi connectivity index (χ0) is 20.4. The number of nitrogens with two attached hydrogens (primary N) is 1. The Kier molecular flexibility index (Phi) is 6.64. The van der Waals surface area contributed by atoms with Crippen LogP contribution in [0.3, 0.4) is 0 Å². The van der Waals surface area contributed by atoms with E-state index in [9.17, 15) is 13.6 Å². The first-order valence-electron chi connectivity index (χ1n) is 8.18. The predicted octanol–water partition coefficient (Wildman–Crippen LogP) is 3.17. The van der Waals surface area contributed by atoms with Crippen LogP contribution in [0.4, 0.5) is 25.1 Å². The van der Waals surface area contributed by atoms with Crippen LogP contribution in [0.25, 0.3) is 11.4 Å². The smallest absolute Gasteiger partial charge is 0.413 e. The topological polar surface area (TPSA) is 121 Å². The van der Waals surface area contributed by atoms with Gasteiger partial charge in [-0.2, -0.15) is 4.39 Å². The molecule has 12 heteroatoms. The van der Waals surface area contributed by atoms with E-state index in [0.717, 1.165) is 12.3 Å². The third-order valence-corrected chi connectivity index (χ3v) is 3.97. The van der Waals surface area contributed by atoms with Gasteiger partial charge in [-0.3, -0.25) is 5.32 Å². The van der Waals surface area contributed by atoms with Crippen molar-refractivity contribution in [2.75, 3.05) is 11.1 Å². The van der Waals surface area contributed by atoms with Gasteiger partial charge in [0.15, 0.2) is 11.5 Å². The average Bonchev–Trinajstić information content (AvgIpc) is 3.00. The molecule has 29 heavy (non-hydrogen) atoms. The van der Waals surface area contributed by atoms with Crippen molar-refractivity contribution in [1.82, 2.24) is 25.0 Å². The summed E-state index contributed by atoms with van der Waals surface area (Å²) in [5.41, 5.74) is 7.44. The molecule has 0 aliphatic heterocycles. The van der Waals surface area contributed by atoms with Gasteiger partial charge in [-0.05, 0) is 32.0 Å². The summed E-state index contributed by atoms with van der Waals surface area (Å²) in [6.45, 7) is 3.13. The van der Waals surface area contributed by atoms with Crippen LogP contribution < -0.4 is 11.1 Å². The first kappa shape index (κ1) is 22.0. The van der Waals surface area contributed by atoms with Gasteiger partial charge in [-0.15, -0.1) is 17.5 Å². The maximum Gasteiger partial charge on any atom is 0.413 e. The number of aryl methyl sites for hydroxylation is 2. The van der Waals surface area contributed by atoms with Gasteiger partial charge in [0, 0.05) is 7.05 Å². The Labute approximate surface area is 170 Å². The van der Waals surface area contributed by atoms with E-state index >= 15 is 0 Å². The van der Waals surface area contributed by atoms with Crippen LogP contribution in [0.5, 0.6) is 0 Å². The molecule has 3 heterocycles. The molecule has 154 valence electrons. The summed E-state index contributed by atoms with van der Waals surface area (Å²) >= 11 is 0. The predicted molar refractivity (Wildman–Crippen MR) is 103 cm³/mol. The molecule has 9 nitrogen and oxygen atoms in total. The lowest BCUT2D eigenvalue weighted by Gasteiger charge is -2.15. The molecule has 0 fully saturated rings. The lowest BCUT2D eigenvalue weighted by molar-refractivity contribution is 0.118. The average molecular weight is 426 g/mol. The molecular weight excluding hydrogens is 408 g/mol. The number of carbonyl (C=O) groups excluding carboxylic acids is 1. The second-order valence-corrected chi connectivity index (χ2v) is 5.99. The zero-order valence-corrected chi connectivity index (χ0v) is 16.5. The standard InChI is InChI=1S/C17H17F2N7O2.ClH/c1-8-12(20)4-5-13(22-8)14-16(26(3)25-24-14)23-17(27)28-9(2)11-6-10(18)7-21-15(11)19;/h4-7,9H,20H2,1-3H3,(H,23,27);1H. The van der Waals surface area contributed by atoms with Crippen LogP contribution in [-0.2, 0) is 11.8 Å². The van der Waals surface area contributed by atoms with Crippen molar-refractivity contribution in [3.63, 3.8) is 0 Å². The summed E-state index contributed by atoms with van der Waals surface area (Å²) in [5, 5.41) is 10.4. The van der Waals surface area contributed by atoms with Gasteiger partial charge in [0.1, 0.15) is 11.9 Å². The van der Waals surface area contributed by atoms with E-state index in [0.29, 0.717) is 22.8 Å². The van der Waals surface area contributed by atoms with Crippen molar-refractivity contribution < 1.29 is 18.3 Å². The highest BCUT2D eigenvalue weighted by molar-refractivity contribution is 5.88. The van der Waals surface area contributed by atoms with Crippen LogP contribution in [0.2, 0.25) is 0 Å². The molecule has 0 aliphatic rings. The second-order valence-electron chi connectivity index (χ2n) is 5.99. The Morgan fingerprint density at radius 1 is 1.34 bits per heavy atom. The first-order chi connectivity index (χ1) is 13.3. The number of amides is 1. The number of rotatable bonds is 4. The van der Waals surface area contributed by atoms with Crippen LogP contribution in [0, 0.1) is 18.7 Å². The van der Waals surface area contributed by atoms with Crippen molar-refractivity contribution >= 4 is 30.0 Å². The molecule has 0 saturated carbocycles. The third-order valence-electron chi connectivity index (χ3n) is 3.97. The molecule has 0 spiro atoms. The van der Waals surface area contributed by atoms with Crippen LogP contribution in [0.15, 0.2) is 24.4 Å². The molecular formula is C17H18ClF2N7O2. The van der Waals surface area contributed by atoms with E-state index in [-0.39, 0.29) is 23.8 Å². The molecule has 3 rings (SSSR count). The first-order valence-corrected chi connectivity index (χ1v) is 8.18. The van der Waals surface area contributed by atoms with Crippen molar-refractivity contribution in [3.8, 4) is 11.4 Å². The van der Waals surface area contributed by atoms with Gasteiger partial charge in [0.05, 0.1) is 28.8 Å². The normalized spacial score (nSPS) is 11.5. The van der Waals surface area contributed by atoms with E-state index in [2.05, 4.69) is 25.6 Å². The zero-order valence-electron chi connectivity index (χ0n) is 15.7. The number of aromatic nitrogens is 5. The minimum absolute atomic E-state index is 0. The number of ether oxygens (including phenoxy) is 1. The number of hydrogen-bond donors (Lipinski definition) is 2. The number of carbonyl (C=O) groups is 1. The Bertz CT molecular complexity index is 1040. The molecule has 0 radical (unpaired) electrons. The van der Waals surface area contributed by atoms with Crippen LogP contribution in [-0.4, -0.2) is 31.1 Å². The van der Waals surface area contributed by atoms with Gasteiger partial charge in [-0.1, -0.05) is 5.21 Å². The quantitative estimate of drug-likeness (QED) is 0.615.